The summed E-state index contributed by atoms with van der Waals surface area (Å²) in [5.74, 6) is 1.62. The topological polar surface area (TPSA) is 47.0 Å². The normalized spacial score (nSPS) is 12.0. The van der Waals surface area contributed by atoms with Gasteiger partial charge < -0.3 is 9.74 Å². The van der Waals surface area contributed by atoms with Crippen LogP contribution in [0.25, 0.3) is 0 Å². The Balaban J connectivity index is 2.15. The fourth-order valence-electron chi connectivity index (χ4n) is 1.60. The average molecular weight is 301 g/mol. The largest absolute Gasteiger partial charge is 0.543 e. The van der Waals surface area contributed by atoms with E-state index in [-0.39, 0.29) is 5.04 Å². The minimum atomic E-state index is -1.82. The summed E-state index contributed by atoms with van der Waals surface area (Å²) in [4.78, 5) is 8.26. The van der Waals surface area contributed by atoms with E-state index in [1.54, 1.807) is 18.6 Å². The monoisotopic (exact) mass is 301 g/mol. The SMILES string of the molecule is CC(C)(C)[Si](C)(C)Oc1cccc(Nc2cnccn2)c1. The minimum absolute atomic E-state index is 0.182. The minimum Gasteiger partial charge on any atom is -0.543 e. The van der Waals surface area contributed by atoms with E-state index in [1.165, 1.54) is 0 Å². The van der Waals surface area contributed by atoms with Gasteiger partial charge in [-0.15, -0.1) is 0 Å². The van der Waals surface area contributed by atoms with E-state index in [9.17, 15) is 0 Å². The number of anilines is 2. The Kier molecular flexibility index (Phi) is 4.32. The highest BCUT2D eigenvalue weighted by Gasteiger charge is 2.38. The number of nitrogens with zero attached hydrogens (tertiary/aromatic N) is 2. The molecule has 1 aromatic carbocycles. The summed E-state index contributed by atoms with van der Waals surface area (Å²) < 4.78 is 6.31. The molecule has 0 fully saturated rings. The van der Waals surface area contributed by atoms with Crippen molar-refractivity contribution in [1.29, 1.82) is 0 Å². The summed E-state index contributed by atoms with van der Waals surface area (Å²) in [7, 11) is -1.82. The van der Waals surface area contributed by atoms with E-state index in [0.29, 0.717) is 0 Å². The highest BCUT2D eigenvalue weighted by Crippen LogP contribution is 2.37. The lowest BCUT2D eigenvalue weighted by molar-refractivity contribution is 0.492. The molecular weight excluding hydrogens is 278 g/mol. The molecule has 0 bridgehead atoms. The molecular formula is C16H23N3OSi. The summed E-state index contributed by atoms with van der Waals surface area (Å²) >= 11 is 0. The van der Waals surface area contributed by atoms with Crippen molar-refractivity contribution in [2.75, 3.05) is 5.32 Å². The van der Waals surface area contributed by atoms with Gasteiger partial charge in [-0.25, -0.2) is 4.98 Å². The maximum Gasteiger partial charge on any atom is 0.250 e. The van der Waals surface area contributed by atoms with Crippen LogP contribution in [0.2, 0.25) is 18.1 Å². The quantitative estimate of drug-likeness (QED) is 0.838. The number of benzene rings is 1. The summed E-state index contributed by atoms with van der Waals surface area (Å²) in [6, 6.07) is 7.99. The van der Waals surface area contributed by atoms with Crippen molar-refractivity contribution < 1.29 is 4.43 Å². The van der Waals surface area contributed by atoms with Gasteiger partial charge in [0.2, 0.25) is 8.32 Å². The first-order chi connectivity index (χ1) is 9.78. The molecule has 4 nitrogen and oxygen atoms in total. The van der Waals surface area contributed by atoms with Crippen LogP contribution in [0, 0.1) is 0 Å². The first-order valence-electron chi connectivity index (χ1n) is 7.10. The lowest BCUT2D eigenvalue weighted by Gasteiger charge is -2.36. The van der Waals surface area contributed by atoms with Crippen molar-refractivity contribution in [3.63, 3.8) is 0 Å². The number of aromatic nitrogens is 2. The fourth-order valence-corrected chi connectivity index (χ4v) is 2.62. The fraction of sp³-hybridized carbons (Fsp3) is 0.375. The van der Waals surface area contributed by atoms with Crippen LogP contribution in [0.15, 0.2) is 42.9 Å². The molecule has 0 saturated heterocycles. The molecule has 112 valence electrons. The maximum atomic E-state index is 6.31. The van der Waals surface area contributed by atoms with Gasteiger partial charge in [0.25, 0.3) is 0 Å². The molecule has 0 aliphatic carbocycles. The standard InChI is InChI=1S/C16H23N3OSi/c1-16(2,3)21(4,5)20-14-8-6-7-13(11-14)19-15-12-17-9-10-18-15/h6-12H,1-5H3,(H,18,19). The van der Waals surface area contributed by atoms with Gasteiger partial charge in [-0.05, 0) is 30.3 Å². The van der Waals surface area contributed by atoms with Crippen LogP contribution >= 0.6 is 0 Å². The Bertz CT molecular complexity index is 594. The van der Waals surface area contributed by atoms with Crippen molar-refractivity contribution in [2.24, 2.45) is 0 Å². The lowest BCUT2D eigenvalue weighted by atomic mass is 10.2. The maximum absolute atomic E-state index is 6.31. The Morgan fingerprint density at radius 3 is 2.52 bits per heavy atom. The predicted molar refractivity (Wildman–Crippen MR) is 89.6 cm³/mol. The zero-order valence-electron chi connectivity index (χ0n) is 13.3. The molecule has 0 aliphatic rings. The van der Waals surface area contributed by atoms with Crippen LogP contribution in [0.5, 0.6) is 5.75 Å². The van der Waals surface area contributed by atoms with Gasteiger partial charge in [0.15, 0.2) is 0 Å². The average Bonchev–Trinajstić information content (AvgIpc) is 2.38. The molecule has 0 spiro atoms. The molecule has 2 rings (SSSR count). The van der Waals surface area contributed by atoms with Gasteiger partial charge in [-0.3, -0.25) is 4.98 Å². The third-order valence-corrected chi connectivity index (χ3v) is 8.21. The van der Waals surface area contributed by atoms with Crippen molar-refractivity contribution in [1.82, 2.24) is 9.97 Å². The van der Waals surface area contributed by atoms with Gasteiger partial charge in [0.05, 0.1) is 6.20 Å². The molecule has 0 unspecified atom stereocenters. The van der Waals surface area contributed by atoms with Crippen LogP contribution < -0.4 is 9.74 Å². The Hall–Kier alpha value is -1.88. The molecule has 1 heterocycles. The predicted octanol–water partition coefficient (Wildman–Crippen LogP) is 4.60. The Morgan fingerprint density at radius 2 is 1.90 bits per heavy atom. The molecule has 1 aromatic heterocycles. The molecule has 1 N–H and O–H groups in total. The van der Waals surface area contributed by atoms with Crippen LogP contribution in [0.3, 0.4) is 0 Å². The second-order valence-corrected chi connectivity index (χ2v) is 11.3. The van der Waals surface area contributed by atoms with Gasteiger partial charge in [0, 0.05) is 24.1 Å². The van der Waals surface area contributed by atoms with Crippen LogP contribution in [-0.4, -0.2) is 18.3 Å². The third-order valence-electron chi connectivity index (χ3n) is 3.85. The summed E-state index contributed by atoms with van der Waals surface area (Å²) in [5.41, 5.74) is 0.951. The first kappa shape index (κ1) is 15.5. The van der Waals surface area contributed by atoms with E-state index in [0.717, 1.165) is 17.3 Å². The van der Waals surface area contributed by atoms with Crippen molar-refractivity contribution >= 4 is 19.8 Å². The highest BCUT2D eigenvalue weighted by atomic mass is 28.4. The van der Waals surface area contributed by atoms with Gasteiger partial charge >= 0.3 is 0 Å². The number of rotatable bonds is 4. The molecule has 0 atom stereocenters. The number of hydrogen-bond donors (Lipinski definition) is 1. The summed E-state index contributed by atoms with van der Waals surface area (Å²) in [6.07, 6.45) is 5.02. The third kappa shape index (κ3) is 4.04. The van der Waals surface area contributed by atoms with Gasteiger partial charge in [0.1, 0.15) is 11.6 Å². The smallest absolute Gasteiger partial charge is 0.250 e. The molecule has 0 saturated carbocycles. The van der Waals surface area contributed by atoms with Gasteiger partial charge in [-0.2, -0.15) is 0 Å². The van der Waals surface area contributed by atoms with E-state index < -0.39 is 8.32 Å². The van der Waals surface area contributed by atoms with Crippen LogP contribution in [0.1, 0.15) is 20.8 Å². The zero-order chi connectivity index (χ0) is 15.5. The molecule has 5 heteroatoms. The number of hydrogen-bond acceptors (Lipinski definition) is 4. The molecule has 2 aromatic rings. The second-order valence-electron chi connectivity index (χ2n) is 6.61. The zero-order valence-corrected chi connectivity index (χ0v) is 14.3. The van der Waals surface area contributed by atoms with E-state index in [4.69, 9.17) is 4.43 Å². The van der Waals surface area contributed by atoms with Gasteiger partial charge in [-0.1, -0.05) is 26.8 Å². The number of nitrogens with one attached hydrogen (secondary N) is 1. The summed E-state index contributed by atoms with van der Waals surface area (Å²) in [5, 5.41) is 3.41. The van der Waals surface area contributed by atoms with Crippen LogP contribution in [0.4, 0.5) is 11.5 Å². The Labute approximate surface area is 127 Å². The molecule has 0 amide bonds. The molecule has 0 aliphatic heterocycles. The van der Waals surface area contributed by atoms with Crippen molar-refractivity contribution in [3.8, 4) is 5.75 Å². The van der Waals surface area contributed by atoms with E-state index >= 15 is 0 Å². The van der Waals surface area contributed by atoms with Crippen molar-refractivity contribution in [3.05, 3.63) is 42.9 Å². The second kappa shape index (κ2) is 5.85. The Morgan fingerprint density at radius 1 is 1.14 bits per heavy atom. The highest BCUT2D eigenvalue weighted by molar-refractivity contribution is 6.74. The molecule has 0 radical (unpaired) electrons. The van der Waals surface area contributed by atoms with E-state index in [1.807, 2.05) is 24.3 Å². The van der Waals surface area contributed by atoms with Crippen LogP contribution in [-0.2, 0) is 0 Å². The van der Waals surface area contributed by atoms with E-state index in [2.05, 4.69) is 49.1 Å². The molecule has 21 heavy (non-hydrogen) atoms. The first-order valence-corrected chi connectivity index (χ1v) is 10.0. The summed E-state index contributed by atoms with van der Waals surface area (Å²) in [6.45, 7) is 11.2. The van der Waals surface area contributed by atoms with Crippen molar-refractivity contribution in [2.45, 2.75) is 38.9 Å². The lowest BCUT2D eigenvalue weighted by Crippen LogP contribution is -2.43.